The van der Waals surface area contributed by atoms with E-state index < -0.39 is 11.7 Å². The van der Waals surface area contributed by atoms with Crippen LogP contribution in [-0.2, 0) is 4.74 Å². The summed E-state index contributed by atoms with van der Waals surface area (Å²) in [5.74, 6) is -0.277. The van der Waals surface area contributed by atoms with Gasteiger partial charge in [-0.05, 0) is 19.1 Å². The van der Waals surface area contributed by atoms with Crippen molar-refractivity contribution in [2.75, 3.05) is 0 Å². The van der Waals surface area contributed by atoms with E-state index in [9.17, 15) is 9.90 Å². The highest BCUT2D eigenvalue weighted by Gasteiger charge is 2.52. The molecule has 0 bridgehead atoms. The molecule has 18 heavy (non-hydrogen) atoms. The van der Waals surface area contributed by atoms with Crippen molar-refractivity contribution in [3.05, 3.63) is 40.9 Å². The van der Waals surface area contributed by atoms with Gasteiger partial charge in [-0.1, -0.05) is 34.4 Å². The number of aliphatic hydroxyl groups excluding tert-OH is 1. The molecule has 1 heterocycles. The highest BCUT2D eigenvalue weighted by atomic mass is 35.5. The minimum atomic E-state index is -1.24. The van der Waals surface area contributed by atoms with Crippen LogP contribution in [0, 0.1) is 0 Å². The van der Waals surface area contributed by atoms with Crippen LogP contribution in [0.1, 0.15) is 6.92 Å². The molecule has 94 valence electrons. The number of hydrogen-bond acceptors (Lipinski definition) is 2. The third kappa shape index (κ3) is 1.98. The standard InChI is InChI=1S/C12H9Cl2NO3/c1-3-12(2)10(16)15(11(17)18-12)9-5-7(13)4-8(14)6-9/h3-6H,1H2,2H3/p+1. The van der Waals surface area contributed by atoms with Gasteiger partial charge in [0.2, 0.25) is 5.69 Å². The van der Waals surface area contributed by atoms with Crippen LogP contribution in [0.15, 0.2) is 30.9 Å². The first-order valence-electron chi connectivity index (χ1n) is 5.06. The highest BCUT2D eigenvalue weighted by Crippen LogP contribution is 2.30. The Morgan fingerprint density at radius 3 is 2.39 bits per heavy atom. The number of ether oxygens (including phenoxy) is 1. The normalized spacial score (nSPS) is 23.2. The largest absolute Gasteiger partial charge is 0.607 e. The molecule has 1 aromatic rings. The van der Waals surface area contributed by atoms with Gasteiger partial charge in [0.15, 0.2) is 0 Å². The summed E-state index contributed by atoms with van der Waals surface area (Å²) in [6.45, 7) is 5.05. The number of cyclic esters (lactones) is 1. The number of rotatable bonds is 2. The number of nitrogens with zero attached hydrogens (tertiary/aromatic N) is 1. The molecule has 2 rings (SSSR count). The van der Waals surface area contributed by atoms with Gasteiger partial charge in [-0.25, -0.2) is 0 Å². The minimum absolute atomic E-state index is 0.277. The third-order valence-electron chi connectivity index (χ3n) is 2.63. The summed E-state index contributed by atoms with van der Waals surface area (Å²) in [6, 6.07) is 4.53. The molecular weight excluding hydrogens is 277 g/mol. The Kier molecular flexibility index (Phi) is 3.09. The summed E-state index contributed by atoms with van der Waals surface area (Å²) in [4.78, 5) is 11.8. The number of hydrogen-bond donors (Lipinski definition) is 1. The average molecular weight is 287 g/mol. The molecule has 1 unspecified atom stereocenters. The molecule has 0 aromatic heterocycles. The molecule has 0 fully saturated rings. The first-order valence-corrected chi connectivity index (χ1v) is 5.82. The quantitative estimate of drug-likeness (QED) is 0.666. The summed E-state index contributed by atoms with van der Waals surface area (Å²) in [6.07, 6.45) is 0.625. The molecule has 1 N–H and O–H groups in total. The second-order valence-corrected chi connectivity index (χ2v) is 4.84. The Balaban J connectivity index is 2.62. The molecule has 1 aliphatic rings. The van der Waals surface area contributed by atoms with E-state index in [1.54, 1.807) is 0 Å². The predicted octanol–water partition coefficient (Wildman–Crippen LogP) is 3.69. The maximum atomic E-state index is 11.8. The van der Waals surface area contributed by atoms with Crippen LogP contribution in [-0.4, -0.2) is 27.3 Å². The first kappa shape index (κ1) is 12.9. The zero-order valence-electron chi connectivity index (χ0n) is 9.48. The van der Waals surface area contributed by atoms with Crippen molar-refractivity contribution in [2.24, 2.45) is 0 Å². The van der Waals surface area contributed by atoms with Crippen LogP contribution in [0.2, 0.25) is 10.0 Å². The lowest BCUT2D eigenvalue weighted by molar-refractivity contribution is -0.349. The van der Waals surface area contributed by atoms with E-state index in [0.717, 1.165) is 4.58 Å². The van der Waals surface area contributed by atoms with Gasteiger partial charge in [0.05, 0.1) is 0 Å². The lowest BCUT2D eigenvalue weighted by Crippen LogP contribution is -2.32. The lowest BCUT2D eigenvalue weighted by Gasteiger charge is -2.09. The van der Waals surface area contributed by atoms with Crippen LogP contribution in [0.5, 0.6) is 0 Å². The second kappa shape index (κ2) is 4.30. The highest BCUT2D eigenvalue weighted by molar-refractivity contribution is 6.35. The Labute approximate surface area is 114 Å². The molecule has 0 radical (unpaired) electrons. The third-order valence-corrected chi connectivity index (χ3v) is 3.07. The molecule has 0 spiro atoms. The van der Waals surface area contributed by atoms with Gasteiger partial charge in [-0.15, -0.1) is 0 Å². The molecule has 1 aliphatic heterocycles. The van der Waals surface area contributed by atoms with Crippen LogP contribution in [0.25, 0.3) is 0 Å². The number of aliphatic hydroxyl groups is 1. The second-order valence-electron chi connectivity index (χ2n) is 3.97. The summed E-state index contributed by atoms with van der Waals surface area (Å²) < 4.78 is 6.05. The van der Waals surface area contributed by atoms with Crippen molar-refractivity contribution in [3.63, 3.8) is 0 Å². The van der Waals surface area contributed by atoms with E-state index in [0.29, 0.717) is 15.7 Å². The van der Waals surface area contributed by atoms with Crippen LogP contribution < -0.4 is 0 Å². The van der Waals surface area contributed by atoms with Gasteiger partial charge in [-0.3, -0.25) is 0 Å². The maximum Gasteiger partial charge on any atom is 0.607 e. The van der Waals surface area contributed by atoms with Gasteiger partial charge in [0.25, 0.3) is 5.60 Å². The number of amides is 1. The van der Waals surface area contributed by atoms with E-state index in [-0.39, 0.29) is 5.90 Å². The van der Waals surface area contributed by atoms with Crippen molar-refractivity contribution in [2.45, 2.75) is 12.5 Å². The van der Waals surface area contributed by atoms with E-state index in [1.165, 1.54) is 31.2 Å². The Hall–Kier alpha value is -1.52. The Bertz CT molecular complexity index is 562. The topological polar surface area (TPSA) is 49.5 Å². The fourth-order valence-electron chi connectivity index (χ4n) is 1.61. The lowest BCUT2D eigenvalue weighted by atomic mass is 10.1. The van der Waals surface area contributed by atoms with Crippen LogP contribution in [0.4, 0.5) is 10.5 Å². The fraction of sp³-hybridized carbons (Fsp3) is 0.167. The fourth-order valence-corrected chi connectivity index (χ4v) is 2.12. The number of benzene rings is 1. The number of carbonyl (C=O) groups is 1. The summed E-state index contributed by atoms with van der Waals surface area (Å²) >= 11 is 11.7. The minimum Gasteiger partial charge on any atom is -0.459 e. The van der Waals surface area contributed by atoms with Gasteiger partial charge in [0, 0.05) is 22.2 Å². The summed E-state index contributed by atoms with van der Waals surface area (Å²) in [5.41, 5.74) is -0.910. The van der Waals surface area contributed by atoms with Crippen LogP contribution >= 0.6 is 23.2 Å². The van der Waals surface area contributed by atoms with Gasteiger partial charge >= 0.3 is 12.0 Å². The summed E-state index contributed by atoms with van der Waals surface area (Å²) in [7, 11) is 0. The maximum absolute atomic E-state index is 11.8. The molecular formula is C12H10Cl2NO3+. The van der Waals surface area contributed by atoms with E-state index in [2.05, 4.69) is 6.58 Å². The molecule has 0 saturated carbocycles. The summed E-state index contributed by atoms with van der Waals surface area (Å²) in [5, 5.41) is 10.8. The molecule has 1 amide bonds. The number of halogens is 2. The average Bonchev–Trinajstić information content (AvgIpc) is 2.49. The first-order chi connectivity index (χ1) is 8.37. The zero-order chi connectivity index (χ0) is 13.5. The van der Waals surface area contributed by atoms with Crippen molar-refractivity contribution < 1.29 is 19.2 Å². The molecule has 4 nitrogen and oxygen atoms in total. The molecule has 6 heteroatoms. The molecule has 1 aromatic carbocycles. The number of carbonyl (C=O) groups excluding carboxylic acids is 1. The van der Waals surface area contributed by atoms with Crippen molar-refractivity contribution >= 4 is 40.9 Å². The molecule has 1 atom stereocenters. The van der Waals surface area contributed by atoms with E-state index in [4.69, 9.17) is 27.9 Å². The van der Waals surface area contributed by atoms with Crippen molar-refractivity contribution in [1.82, 2.24) is 0 Å². The van der Waals surface area contributed by atoms with E-state index >= 15 is 0 Å². The molecule has 0 saturated heterocycles. The van der Waals surface area contributed by atoms with Crippen molar-refractivity contribution in [3.8, 4) is 0 Å². The Morgan fingerprint density at radius 2 is 1.94 bits per heavy atom. The van der Waals surface area contributed by atoms with E-state index in [1.807, 2.05) is 0 Å². The predicted molar refractivity (Wildman–Crippen MR) is 69.1 cm³/mol. The van der Waals surface area contributed by atoms with Gasteiger partial charge < -0.3 is 9.84 Å². The van der Waals surface area contributed by atoms with Gasteiger partial charge in [0.1, 0.15) is 0 Å². The SMILES string of the molecule is C=CC1(C)OC(=O)[N+](c2cc(Cl)cc(Cl)c2)=C1O. The smallest absolute Gasteiger partial charge is 0.459 e. The van der Waals surface area contributed by atoms with Gasteiger partial charge in [-0.2, -0.15) is 4.79 Å². The van der Waals surface area contributed by atoms with Crippen LogP contribution in [0.3, 0.4) is 0 Å². The van der Waals surface area contributed by atoms with Crippen molar-refractivity contribution in [1.29, 1.82) is 0 Å². The molecule has 0 aliphatic carbocycles. The zero-order valence-corrected chi connectivity index (χ0v) is 11.0. The monoisotopic (exact) mass is 286 g/mol. The Morgan fingerprint density at radius 1 is 1.39 bits per heavy atom.